The van der Waals surface area contributed by atoms with E-state index < -0.39 is 5.82 Å². The third kappa shape index (κ3) is 3.98. The van der Waals surface area contributed by atoms with Crippen LogP contribution >= 0.6 is 23.2 Å². The Morgan fingerprint density at radius 2 is 1.76 bits per heavy atom. The van der Waals surface area contributed by atoms with Crippen molar-refractivity contribution in [2.75, 3.05) is 4.90 Å². The van der Waals surface area contributed by atoms with Gasteiger partial charge in [-0.2, -0.15) is 0 Å². The molecule has 0 aliphatic carbocycles. The molecule has 0 unspecified atom stereocenters. The Balaban J connectivity index is 2.01. The van der Waals surface area contributed by atoms with Gasteiger partial charge in [-0.25, -0.2) is 9.37 Å². The van der Waals surface area contributed by atoms with Crippen molar-refractivity contribution in [3.63, 3.8) is 0 Å². The van der Waals surface area contributed by atoms with Crippen molar-refractivity contribution in [3.05, 3.63) is 93.8 Å². The van der Waals surface area contributed by atoms with Crippen molar-refractivity contribution in [2.45, 2.75) is 6.54 Å². The van der Waals surface area contributed by atoms with Crippen LogP contribution in [0, 0.1) is 5.82 Å². The molecule has 2 aromatic carbocycles. The van der Waals surface area contributed by atoms with Gasteiger partial charge < -0.3 is 0 Å². The Labute approximate surface area is 154 Å². The summed E-state index contributed by atoms with van der Waals surface area (Å²) >= 11 is 12.0. The van der Waals surface area contributed by atoms with E-state index in [-0.39, 0.29) is 23.0 Å². The number of amides is 1. The van der Waals surface area contributed by atoms with Crippen LogP contribution in [0.15, 0.2) is 66.9 Å². The molecule has 0 N–H and O–H groups in total. The molecule has 0 saturated carbocycles. The highest BCUT2D eigenvalue weighted by Gasteiger charge is 2.21. The molecule has 3 rings (SSSR count). The zero-order valence-electron chi connectivity index (χ0n) is 13.0. The molecule has 1 aromatic heterocycles. The lowest BCUT2D eigenvalue weighted by molar-refractivity contribution is 0.0984. The summed E-state index contributed by atoms with van der Waals surface area (Å²) < 4.78 is 14.2. The van der Waals surface area contributed by atoms with Gasteiger partial charge in [-0.3, -0.25) is 9.69 Å². The molecule has 0 fully saturated rings. The first-order valence-electron chi connectivity index (χ1n) is 7.47. The second-order valence-corrected chi connectivity index (χ2v) is 6.13. The number of benzene rings is 2. The van der Waals surface area contributed by atoms with E-state index in [9.17, 15) is 9.18 Å². The number of carbonyl (C=O) groups excluding carboxylic acids is 1. The second kappa shape index (κ2) is 7.64. The number of halogens is 3. The van der Waals surface area contributed by atoms with Gasteiger partial charge >= 0.3 is 0 Å². The summed E-state index contributed by atoms with van der Waals surface area (Å²) in [5.74, 6) is -0.395. The molecule has 0 spiro atoms. The Hall–Kier alpha value is -2.43. The first kappa shape index (κ1) is 17.4. The SMILES string of the molecule is O=C(c1ccc(Cl)cc1)N(Cc1c(F)cccc1Cl)c1ccccn1. The molecule has 3 aromatic rings. The number of hydrogen-bond donors (Lipinski definition) is 0. The Morgan fingerprint density at radius 3 is 2.40 bits per heavy atom. The normalized spacial score (nSPS) is 10.5. The zero-order valence-corrected chi connectivity index (χ0v) is 14.5. The van der Waals surface area contributed by atoms with E-state index in [2.05, 4.69) is 4.98 Å². The fourth-order valence-electron chi connectivity index (χ4n) is 2.36. The predicted molar refractivity (Wildman–Crippen MR) is 97.6 cm³/mol. The van der Waals surface area contributed by atoms with E-state index in [0.29, 0.717) is 16.4 Å². The molecule has 25 heavy (non-hydrogen) atoms. The molecule has 0 atom stereocenters. The summed E-state index contributed by atoms with van der Waals surface area (Å²) in [6.07, 6.45) is 1.57. The van der Waals surface area contributed by atoms with Crippen molar-refractivity contribution >= 4 is 34.9 Å². The van der Waals surface area contributed by atoms with Crippen LogP contribution in [0.3, 0.4) is 0 Å². The van der Waals surface area contributed by atoms with E-state index in [0.717, 1.165) is 0 Å². The van der Waals surface area contributed by atoms with Crippen molar-refractivity contribution in [2.24, 2.45) is 0 Å². The van der Waals surface area contributed by atoms with Crippen molar-refractivity contribution in [3.8, 4) is 0 Å². The number of nitrogens with zero attached hydrogens (tertiary/aromatic N) is 2. The van der Waals surface area contributed by atoms with Crippen LogP contribution in [-0.2, 0) is 6.54 Å². The number of rotatable bonds is 4. The quantitative estimate of drug-likeness (QED) is 0.614. The average Bonchev–Trinajstić information content (AvgIpc) is 2.62. The number of aromatic nitrogens is 1. The van der Waals surface area contributed by atoms with Crippen LogP contribution in [0.2, 0.25) is 10.0 Å². The lowest BCUT2D eigenvalue weighted by Crippen LogP contribution is -2.31. The van der Waals surface area contributed by atoms with Crippen LogP contribution < -0.4 is 4.90 Å². The monoisotopic (exact) mass is 374 g/mol. The van der Waals surface area contributed by atoms with E-state index in [4.69, 9.17) is 23.2 Å². The minimum Gasteiger partial charge on any atom is -0.288 e. The number of pyridine rings is 1. The summed E-state index contributed by atoms with van der Waals surface area (Å²) in [4.78, 5) is 18.6. The summed E-state index contributed by atoms with van der Waals surface area (Å²) in [6, 6.07) is 16.1. The van der Waals surface area contributed by atoms with E-state index in [1.807, 2.05) is 0 Å². The highest BCUT2D eigenvalue weighted by Crippen LogP contribution is 2.25. The minimum absolute atomic E-state index is 0.0377. The van der Waals surface area contributed by atoms with Crippen LogP contribution in [-0.4, -0.2) is 10.9 Å². The highest BCUT2D eigenvalue weighted by atomic mass is 35.5. The van der Waals surface area contributed by atoms with Gasteiger partial charge in [0.05, 0.1) is 6.54 Å². The summed E-state index contributed by atoms with van der Waals surface area (Å²) in [5, 5.41) is 0.780. The third-order valence-electron chi connectivity index (χ3n) is 3.64. The van der Waals surface area contributed by atoms with Gasteiger partial charge in [-0.1, -0.05) is 35.3 Å². The maximum Gasteiger partial charge on any atom is 0.259 e. The molecule has 126 valence electrons. The predicted octanol–water partition coefficient (Wildman–Crippen LogP) is 5.37. The highest BCUT2D eigenvalue weighted by molar-refractivity contribution is 6.31. The van der Waals surface area contributed by atoms with Crippen molar-refractivity contribution in [1.29, 1.82) is 0 Å². The molecule has 1 heterocycles. The standard InChI is InChI=1S/C19H13Cl2FN2O/c20-14-9-7-13(8-10-14)19(25)24(18-6-1-2-11-23-18)12-15-16(21)4-3-5-17(15)22/h1-11H,12H2. The number of anilines is 1. The topological polar surface area (TPSA) is 33.2 Å². The Morgan fingerprint density at radius 1 is 1.00 bits per heavy atom. The maximum absolute atomic E-state index is 14.2. The molecule has 0 aliphatic rings. The molecule has 0 saturated heterocycles. The third-order valence-corrected chi connectivity index (χ3v) is 4.25. The maximum atomic E-state index is 14.2. The Bertz CT molecular complexity index is 865. The fraction of sp³-hybridized carbons (Fsp3) is 0.0526. The van der Waals surface area contributed by atoms with E-state index >= 15 is 0 Å². The Kier molecular flexibility index (Phi) is 5.31. The average molecular weight is 375 g/mol. The second-order valence-electron chi connectivity index (χ2n) is 5.29. The van der Waals surface area contributed by atoms with Gasteiger partial charge in [-0.15, -0.1) is 0 Å². The molecule has 0 bridgehead atoms. The van der Waals surface area contributed by atoms with Crippen LogP contribution in [0.5, 0.6) is 0 Å². The molecule has 6 heteroatoms. The number of hydrogen-bond acceptors (Lipinski definition) is 2. The van der Waals surface area contributed by atoms with Crippen LogP contribution in [0.25, 0.3) is 0 Å². The molecular weight excluding hydrogens is 362 g/mol. The largest absolute Gasteiger partial charge is 0.288 e. The molecule has 1 amide bonds. The first-order chi connectivity index (χ1) is 12.1. The fourth-order valence-corrected chi connectivity index (χ4v) is 2.71. The van der Waals surface area contributed by atoms with E-state index in [1.54, 1.807) is 54.7 Å². The van der Waals surface area contributed by atoms with Gasteiger partial charge in [0, 0.05) is 27.4 Å². The summed E-state index contributed by atoms with van der Waals surface area (Å²) in [7, 11) is 0. The van der Waals surface area contributed by atoms with Gasteiger partial charge in [0.2, 0.25) is 0 Å². The smallest absolute Gasteiger partial charge is 0.259 e. The lowest BCUT2D eigenvalue weighted by Gasteiger charge is -2.23. The van der Waals surface area contributed by atoms with E-state index in [1.165, 1.54) is 17.0 Å². The molecule has 0 radical (unpaired) electrons. The zero-order chi connectivity index (χ0) is 17.8. The summed E-state index contributed by atoms with van der Waals surface area (Å²) in [5.41, 5.74) is 0.652. The van der Waals surface area contributed by atoms with Gasteiger partial charge in [0.25, 0.3) is 5.91 Å². The van der Waals surface area contributed by atoms with Crippen molar-refractivity contribution < 1.29 is 9.18 Å². The van der Waals surface area contributed by atoms with Crippen molar-refractivity contribution in [1.82, 2.24) is 4.98 Å². The number of carbonyl (C=O) groups is 1. The van der Waals surface area contributed by atoms with Crippen LogP contribution in [0.1, 0.15) is 15.9 Å². The lowest BCUT2D eigenvalue weighted by atomic mass is 10.1. The first-order valence-corrected chi connectivity index (χ1v) is 8.23. The molecule has 0 aliphatic heterocycles. The molecular formula is C19H13Cl2FN2O. The van der Waals surface area contributed by atoms with Gasteiger partial charge in [0.15, 0.2) is 0 Å². The van der Waals surface area contributed by atoms with Crippen LogP contribution in [0.4, 0.5) is 10.2 Å². The molecule has 3 nitrogen and oxygen atoms in total. The van der Waals surface area contributed by atoms with Gasteiger partial charge in [0.1, 0.15) is 11.6 Å². The summed E-state index contributed by atoms with van der Waals surface area (Å²) in [6.45, 7) is -0.0377. The van der Waals surface area contributed by atoms with Gasteiger partial charge in [-0.05, 0) is 48.5 Å². The minimum atomic E-state index is -0.475.